The number of carbonyl (C=O) groups excluding carboxylic acids is 2. The van der Waals surface area contributed by atoms with E-state index in [1.54, 1.807) is 25.1 Å². The molecule has 1 aliphatic heterocycles. The molecule has 2 aromatic rings. The molecule has 25 heavy (non-hydrogen) atoms. The number of carbonyl (C=O) groups is 2. The summed E-state index contributed by atoms with van der Waals surface area (Å²) in [4.78, 5) is 23.4. The fraction of sp³-hybridized carbons (Fsp3) is 0.312. The number of nitrogens with one attached hydrogen (secondary N) is 2. The summed E-state index contributed by atoms with van der Waals surface area (Å²) in [6.07, 6.45) is -0.571. The molecule has 0 radical (unpaired) electrons. The van der Waals surface area contributed by atoms with Crippen molar-refractivity contribution in [3.05, 3.63) is 35.6 Å². The number of aliphatic hydroxyl groups is 1. The number of aromatic nitrogens is 1. The number of ether oxygens (including phenoxy) is 2. The zero-order valence-electron chi connectivity index (χ0n) is 13.4. The maximum Gasteiger partial charge on any atom is 0.314 e. The first kappa shape index (κ1) is 16.8. The molecule has 132 valence electrons. The monoisotopic (exact) mass is 347 g/mol. The molecule has 1 aliphatic rings. The Morgan fingerprint density at radius 1 is 1.24 bits per heavy atom. The van der Waals surface area contributed by atoms with Crippen molar-refractivity contribution < 1.29 is 28.7 Å². The zero-order chi connectivity index (χ0) is 17.8. The standard InChI is InChI=1S/C16H17N3O6/c1-9-6-14(19-25-9)18-16(22)15(21)17-5-4-11(20)10-2-3-12-13(7-10)24-8-23-12/h2-3,6-7,11,20H,4-5,8H2,1H3,(H,17,21)(H,18,19,22). The lowest BCUT2D eigenvalue weighted by Gasteiger charge is -2.12. The molecule has 1 unspecified atom stereocenters. The van der Waals surface area contributed by atoms with Crippen molar-refractivity contribution in [2.45, 2.75) is 19.4 Å². The molecular formula is C16H17N3O6. The van der Waals surface area contributed by atoms with Gasteiger partial charge < -0.3 is 24.4 Å². The molecular weight excluding hydrogens is 330 g/mol. The van der Waals surface area contributed by atoms with Crippen molar-refractivity contribution >= 4 is 17.6 Å². The van der Waals surface area contributed by atoms with Gasteiger partial charge >= 0.3 is 11.8 Å². The van der Waals surface area contributed by atoms with Crippen LogP contribution >= 0.6 is 0 Å². The maximum absolute atomic E-state index is 11.7. The average Bonchev–Trinajstić information content (AvgIpc) is 3.22. The van der Waals surface area contributed by atoms with Gasteiger partial charge in [-0.1, -0.05) is 11.2 Å². The normalized spacial score (nSPS) is 13.4. The van der Waals surface area contributed by atoms with Crippen LogP contribution in [0.5, 0.6) is 11.5 Å². The number of hydrogen-bond donors (Lipinski definition) is 3. The molecule has 0 bridgehead atoms. The van der Waals surface area contributed by atoms with E-state index in [2.05, 4.69) is 15.8 Å². The summed E-state index contributed by atoms with van der Waals surface area (Å²) >= 11 is 0. The third-order valence-electron chi connectivity index (χ3n) is 3.56. The van der Waals surface area contributed by atoms with Crippen LogP contribution in [0.4, 0.5) is 5.82 Å². The molecule has 1 atom stereocenters. The first-order valence-electron chi connectivity index (χ1n) is 7.63. The second-order valence-electron chi connectivity index (χ2n) is 5.45. The quantitative estimate of drug-likeness (QED) is 0.686. The zero-order valence-corrected chi connectivity index (χ0v) is 13.4. The van der Waals surface area contributed by atoms with E-state index in [0.29, 0.717) is 22.8 Å². The highest BCUT2D eigenvalue weighted by Crippen LogP contribution is 2.34. The Hall–Kier alpha value is -3.07. The summed E-state index contributed by atoms with van der Waals surface area (Å²) in [7, 11) is 0. The Balaban J connectivity index is 1.45. The van der Waals surface area contributed by atoms with E-state index in [1.807, 2.05) is 0 Å². The van der Waals surface area contributed by atoms with Crippen LogP contribution in [0.25, 0.3) is 0 Å². The Labute approximate surface area is 142 Å². The molecule has 3 N–H and O–H groups in total. The largest absolute Gasteiger partial charge is 0.454 e. The molecule has 0 fully saturated rings. The van der Waals surface area contributed by atoms with E-state index in [1.165, 1.54) is 6.07 Å². The Morgan fingerprint density at radius 2 is 2.04 bits per heavy atom. The van der Waals surface area contributed by atoms with Gasteiger partial charge in [0.05, 0.1) is 6.10 Å². The number of aliphatic hydroxyl groups excluding tert-OH is 1. The van der Waals surface area contributed by atoms with Crippen molar-refractivity contribution in [1.82, 2.24) is 10.5 Å². The van der Waals surface area contributed by atoms with Crippen molar-refractivity contribution in [3.63, 3.8) is 0 Å². The second-order valence-corrected chi connectivity index (χ2v) is 5.45. The highest BCUT2D eigenvalue weighted by Gasteiger charge is 2.18. The predicted molar refractivity (Wildman–Crippen MR) is 85.0 cm³/mol. The maximum atomic E-state index is 11.7. The summed E-state index contributed by atoms with van der Waals surface area (Å²) in [6, 6.07) is 6.62. The van der Waals surface area contributed by atoms with Crippen molar-refractivity contribution in [2.75, 3.05) is 18.7 Å². The Morgan fingerprint density at radius 3 is 2.80 bits per heavy atom. The second kappa shape index (κ2) is 7.22. The van der Waals surface area contributed by atoms with E-state index >= 15 is 0 Å². The Bertz CT molecular complexity index is 788. The van der Waals surface area contributed by atoms with E-state index in [9.17, 15) is 14.7 Å². The topological polar surface area (TPSA) is 123 Å². The van der Waals surface area contributed by atoms with Crippen molar-refractivity contribution in [1.29, 1.82) is 0 Å². The molecule has 0 saturated heterocycles. The number of amides is 2. The fourth-order valence-electron chi connectivity index (χ4n) is 2.29. The highest BCUT2D eigenvalue weighted by atomic mass is 16.7. The number of fused-ring (bicyclic) bond motifs is 1. The molecule has 0 spiro atoms. The molecule has 0 saturated carbocycles. The number of benzene rings is 1. The lowest BCUT2D eigenvalue weighted by molar-refractivity contribution is -0.136. The van der Waals surface area contributed by atoms with Crippen LogP contribution in [0.3, 0.4) is 0 Å². The molecule has 1 aromatic carbocycles. The van der Waals surface area contributed by atoms with Crippen molar-refractivity contribution in [2.24, 2.45) is 0 Å². The SMILES string of the molecule is Cc1cc(NC(=O)C(=O)NCCC(O)c2ccc3c(c2)OCO3)no1. The lowest BCUT2D eigenvalue weighted by atomic mass is 10.1. The number of nitrogens with zero attached hydrogens (tertiary/aromatic N) is 1. The molecule has 0 aliphatic carbocycles. The summed E-state index contributed by atoms with van der Waals surface area (Å²) in [5, 5.41) is 18.5. The molecule has 2 amide bonds. The van der Waals surface area contributed by atoms with Gasteiger partial charge in [0.1, 0.15) is 5.76 Å². The third kappa shape index (κ3) is 4.07. The fourth-order valence-corrected chi connectivity index (χ4v) is 2.29. The van der Waals surface area contributed by atoms with Crippen LogP contribution in [0.1, 0.15) is 23.8 Å². The van der Waals surface area contributed by atoms with Crippen LogP contribution in [0.15, 0.2) is 28.8 Å². The van der Waals surface area contributed by atoms with Crippen LogP contribution in [-0.4, -0.2) is 35.4 Å². The minimum Gasteiger partial charge on any atom is -0.454 e. The molecule has 9 nitrogen and oxygen atoms in total. The van der Waals surface area contributed by atoms with Crippen LogP contribution in [-0.2, 0) is 9.59 Å². The van der Waals surface area contributed by atoms with E-state index in [-0.39, 0.29) is 25.6 Å². The molecule has 3 rings (SSSR count). The van der Waals surface area contributed by atoms with Crippen LogP contribution in [0, 0.1) is 6.92 Å². The summed E-state index contributed by atoms with van der Waals surface area (Å²) in [5.74, 6) is 0.205. The summed E-state index contributed by atoms with van der Waals surface area (Å²) < 4.78 is 15.2. The minimum atomic E-state index is -0.856. The summed E-state index contributed by atoms with van der Waals surface area (Å²) in [5.41, 5.74) is 0.640. The van der Waals surface area contributed by atoms with E-state index in [4.69, 9.17) is 14.0 Å². The van der Waals surface area contributed by atoms with Gasteiger partial charge in [-0.2, -0.15) is 0 Å². The van der Waals surface area contributed by atoms with Gasteiger partial charge in [0.25, 0.3) is 0 Å². The molecule has 2 heterocycles. The van der Waals surface area contributed by atoms with Gasteiger partial charge in [-0.15, -0.1) is 0 Å². The van der Waals surface area contributed by atoms with Gasteiger partial charge in [-0.25, -0.2) is 0 Å². The number of anilines is 1. The van der Waals surface area contributed by atoms with Gasteiger partial charge in [0.2, 0.25) is 6.79 Å². The van der Waals surface area contributed by atoms with Gasteiger partial charge in [-0.3, -0.25) is 14.9 Å². The Kier molecular flexibility index (Phi) is 4.85. The van der Waals surface area contributed by atoms with E-state index in [0.717, 1.165) is 0 Å². The lowest BCUT2D eigenvalue weighted by Crippen LogP contribution is -2.36. The van der Waals surface area contributed by atoms with Crippen LogP contribution in [0.2, 0.25) is 0 Å². The van der Waals surface area contributed by atoms with Crippen molar-refractivity contribution in [3.8, 4) is 11.5 Å². The average molecular weight is 347 g/mol. The predicted octanol–water partition coefficient (Wildman–Crippen LogP) is 0.890. The number of hydrogen-bond acceptors (Lipinski definition) is 7. The first-order chi connectivity index (χ1) is 12.0. The third-order valence-corrected chi connectivity index (χ3v) is 3.56. The summed E-state index contributed by atoms with van der Waals surface area (Å²) in [6.45, 7) is 1.95. The van der Waals surface area contributed by atoms with Gasteiger partial charge in [-0.05, 0) is 31.0 Å². The minimum absolute atomic E-state index is 0.125. The highest BCUT2D eigenvalue weighted by molar-refractivity contribution is 6.39. The number of rotatable bonds is 5. The van der Waals surface area contributed by atoms with Gasteiger partial charge in [0, 0.05) is 12.6 Å². The molecule has 9 heteroatoms. The van der Waals surface area contributed by atoms with Crippen LogP contribution < -0.4 is 20.1 Å². The first-order valence-corrected chi connectivity index (χ1v) is 7.63. The smallest absolute Gasteiger partial charge is 0.314 e. The number of aryl methyl sites for hydroxylation is 1. The van der Waals surface area contributed by atoms with Gasteiger partial charge in [0.15, 0.2) is 17.3 Å². The molecule has 1 aromatic heterocycles. The van der Waals surface area contributed by atoms with E-state index < -0.39 is 17.9 Å².